The summed E-state index contributed by atoms with van der Waals surface area (Å²) in [4.78, 5) is 36.5. The van der Waals surface area contributed by atoms with E-state index in [0.717, 1.165) is 6.26 Å². The number of rotatable bonds is 8. The van der Waals surface area contributed by atoms with E-state index in [1.165, 1.54) is 30.5 Å². The minimum absolute atomic E-state index is 0.0642. The van der Waals surface area contributed by atoms with E-state index in [1.54, 1.807) is 0 Å². The van der Waals surface area contributed by atoms with E-state index in [1.807, 2.05) is 0 Å². The molecule has 2 heterocycles. The number of carbonyl (C=O) groups excluding carboxylic acids is 2. The molecule has 0 aromatic rings. The van der Waals surface area contributed by atoms with Crippen LogP contribution in [0, 0.1) is 5.92 Å². The first-order chi connectivity index (χ1) is 11.5. The number of hydrogen-bond acceptors (Lipinski definition) is 7. The van der Waals surface area contributed by atoms with Gasteiger partial charge in [0.1, 0.15) is 5.70 Å². The van der Waals surface area contributed by atoms with Gasteiger partial charge in [0.15, 0.2) is 0 Å². The van der Waals surface area contributed by atoms with E-state index >= 15 is 0 Å². The second kappa shape index (κ2) is 7.34. The number of nitrogens with zero attached hydrogens (tertiary/aromatic N) is 1. The fourth-order valence-electron chi connectivity index (χ4n) is 3.08. The Labute approximate surface area is 149 Å². The van der Waals surface area contributed by atoms with E-state index in [2.05, 4.69) is 5.32 Å². The molecule has 0 spiro atoms. The third kappa shape index (κ3) is 4.33. The molecule has 11 heteroatoms. The molecule has 0 aromatic carbocycles. The highest BCUT2D eigenvalue weighted by atomic mass is 32.2. The van der Waals surface area contributed by atoms with Crippen molar-refractivity contribution in [1.82, 2.24) is 10.2 Å². The summed E-state index contributed by atoms with van der Waals surface area (Å²) in [6.07, 6.45) is 0.381. The van der Waals surface area contributed by atoms with Gasteiger partial charge in [-0.2, -0.15) is 8.42 Å². The highest BCUT2D eigenvalue weighted by Crippen LogP contribution is 2.47. The Bertz CT molecular complexity index is 731. The van der Waals surface area contributed by atoms with Crippen LogP contribution >= 0.6 is 11.8 Å². The van der Waals surface area contributed by atoms with Crippen LogP contribution in [0.25, 0.3) is 0 Å². The summed E-state index contributed by atoms with van der Waals surface area (Å²) < 4.78 is 27.4. The zero-order valence-corrected chi connectivity index (χ0v) is 15.6. The maximum Gasteiger partial charge on any atom is 0.353 e. The smallest absolute Gasteiger partial charge is 0.353 e. The average Bonchev–Trinajstić information content (AvgIpc) is 2.76. The molecule has 3 atom stereocenters. The fourth-order valence-corrected chi connectivity index (χ4v) is 4.82. The van der Waals surface area contributed by atoms with Crippen molar-refractivity contribution < 1.29 is 32.1 Å². The first-order valence-electron chi connectivity index (χ1n) is 7.58. The minimum Gasteiger partial charge on any atom is -0.477 e. The molecular formula is C14H20N2O7S2. The molecule has 2 rings (SSSR count). The van der Waals surface area contributed by atoms with Crippen molar-refractivity contribution in [3.8, 4) is 0 Å². The van der Waals surface area contributed by atoms with Crippen molar-refractivity contribution in [3.63, 3.8) is 0 Å². The van der Waals surface area contributed by atoms with Crippen LogP contribution in [0.2, 0.25) is 0 Å². The number of carbonyl (C=O) groups is 3. The maximum atomic E-state index is 12.3. The van der Waals surface area contributed by atoms with Crippen LogP contribution in [0.5, 0.6) is 0 Å². The lowest BCUT2D eigenvalue weighted by Crippen LogP contribution is -2.62. The lowest BCUT2D eigenvalue weighted by molar-refractivity contribution is -0.159. The number of nitrogens with one attached hydrogen (secondary N) is 1. The SMILES string of the molecule is CC(=O)NCCSC1=C(C(=O)O)N2C(=O)[C@H]([C@H](C)OS(C)(=O)=O)[C@H]2C1. The average molecular weight is 392 g/mol. The molecule has 0 unspecified atom stereocenters. The first kappa shape index (κ1) is 19.7. The van der Waals surface area contributed by atoms with Crippen LogP contribution in [-0.2, 0) is 28.7 Å². The molecule has 0 aromatic heterocycles. The summed E-state index contributed by atoms with van der Waals surface area (Å²) in [7, 11) is -3.71. The normalized spacial score (nSPS) is 24.0. The largest absolute Gasteiger partial charge is 0.477 e. The predicted molar refractivity (Wildman–Crippen MR) is 89.9 cm³/mol. The summed E-state index contributed by atoms with van der Waals surface area (Å²) >= 11 is 1.27. The van der Waals surface area contributed by atoms with Crippen LogP contribution < -0.4 is 5.32 Å². The lowest BCUT2D eigenvalue weighted by Gasteiger charge is -2.45. The van der Waals surface area contributed by atoms with Crippen molar-refractivity contribution in [2.24, 2.45) is 5.92 Å². The predicted octanol–water partition coefficient (Wildman–Crippen LogP) is -0.253. The Morgan fingerprint density at radius 2 is 2.12 bits per heavy atom. The number of thioether (sulfide) groups is 1. The van der Waals surface area contributed by atoms with Crippen LogP contribution in [0.15, 0.2) is 10.6 Å². The Kier molecular flexibility index (Phi) is 5.79. The zero-order valence-electron chi connectivity index (χ0n) is 14.0. The number of carboxylic acids is 1. The fraction of sp³-hybridized carbons (Fsp3) is 0.643. The second-order valence-corrected chi connectivity index (χ2v) is 8.71. The van der Waals surface area contributed by atoms with Gasteiger partial charge in [-0.3, -0.25) is 13.8 Å². The van der Waals surface area contributed by atoms with Gasteiger partial charge in [-0.25, -0.2) is 4.79 Å². The molecule has 9 nitrogen and oxygen atoms in total. The van der Waals surface area contributed by atoms with Crippen molar-refractivity contribution in [2.75, 3.05) is 18.6 Å². The topological polar surface area (TPSA) is 130 Å². The Morgan fingerprint density at radius 1 is 1.48 bits per heavy atom. The Balaban J connectivity index is 2.08. The van der Waals surface area contributed by atoms with Gasteiger partial charge in [0.05, 0.1) is 24.3 Å². The van der Waals surface area contributed by atoms with Crippen LogP contribution in [0.1, 0.15) is 20.3 Å². The molecule has 0 bridgehead atoms. The highest BCUT2D eigenvalue weighted by molar-refractivity contribution is 8.03. The van der Waals surface area contributed by atoms with Crippen LogP contribution in [0.3, 0.4) is 0 Å². The molecule has 0 aliphatic carbocycles. The minimum atomic E-state index is -3.71. The van der Waals surface area contributed by atoms with Crippen LogP contribution in [-0.4, -0.2) is 66.9 Å². The van der Waals surface area contributed by atoms with Gasteiger partial charge in [-0.1, -0.05) is 0 Å². The maximum absolute atomic E-state index is 12.3. The molecule has 25 heavy (non-hydrogen) atoms. The monoisotopic (exact) mass is 392 g/mol. The molecule has 0 saturated carbocycles. The number of β-lactam (4-membered cyclic amide) rings is 1. The summed E-state index contributed by atoms with van der Waals surface area (Å²) in [5.41, 5.74) is -0.0642. The number of hydrogen-bond donors (Lipinski definition) is 2. The van der Waals surface area contributed by atoms with E-state index in [9.17, 15) is 27.9 Å². The molecule has 1 saturated heterocycles. The Hall–Kier alpha value is -1.59. The number of amides is 2. The molecule has 140 valence electrons. The lowest BCUT2D eigenvalue weighted by atomic mass is 9.83. The summed E-state index contributed by atoms with van der Waals surface area (Å²) in [6, 6.07) is -0.418. The van der Waals surface area contributed by atoms with Crippen LogP contribution in [0.4, 0.5) is 0 Å². The van der Waals surface area contributed by atoms with Gasteiger partial charge >= 0.3 is 5.97 Å². The quantitative estimate of drug-likeness (QED) is 0.328. The third-order valence-electron chi connectivity index (χ3n) is 3.96. The van der Waals surface area contributed by atoms with E-state index in [0.29, 0.717) is 23.6 Å². The van der Waals surface area contributed by atoms with Gasteiger partial charge in [0.2, 0.25) is 11.8 Å². The number of aliphatic carboxylic acids is 1. The van der Waals surface area contributed by atoms with E-state index in [-0.39, 0.29) is 11.6 Å². The van der Waals surface area contributed by atoms with Gasteiger partial charge in [0, 0.05) is 30.5 Å². The van der Waals surface area contributed by atoms with Crippen molar-refractivity contribution in [1.29, 1.82) is 0 Å². The number of fused-ring (bicyclic) bond motifs is 1. The molecule has 2 N–H and O–H groups in total. The highest BCUT2D eigenvalue weighted by Gasteiger charge is 2.57. The molecule has 2 amide bonds. The van der Waals surface area contributed by atoms with Crippen molar-refractivity contribution in [2.45, 2.75) is 32.4 Å². The second-order valence-electron chi connectivity index (χ2n) is 5.92. The third-order valence-corrected chi connectivity index (χ3v) is 5.73. The van der Waals surface area contributed by atoms with Gasteiger partial charge in [0.25, 0.3) is 10.1 Å². The molecule has 2 aliphatic heterocycles. The summed E-state index contributed by atoms with van der Waals surface area (Å²) in [5.74, 6) is -2.05. The van der Waals surface area contributed by atoms with E-state index < -0.39 is 40.1 Å². The molecule has 1 fully saturated rings. The first-order valence-corrected chi connectivity index (χ1v) is 10.4. The van der Waals surface area contributed by atoms with Gasteiger partial charge < -0.3 is 15.3 Å². The standard InChI is InChI=1S/C14H20N2O7S2/c1-7(23-25(3,21)22)11-9-6-10(24-5-4-15-8(2)17)12(14(19)20)16(9)13(11)18/h7,9,11H,4-6H2,1-3H3,(H,15,17)(H,19,20)/t7-,9+,11+/m0/s1. The molecule has 0 radical (unpaired) electrons. The van der Waals surface area contributed by atoms with Crippen molar-refractivity contribution >= 4 is 39.7 Å². The number of carboxylic acid groups (broad SMARTS) is 1. The van der Waals surface area contributed by atoms with E-state index in [4.69, 9.17) is 4.18 Å². The molecular weight excluding hydrogens is 372 g/mol. The van der Waals surface area contributed by atoms with Gasteiger partial charge in [-0.15, -0.1) is 11.8 Å². The summed E-state index contributed by atoms with van der Waals surface area (Å²) in [5, 5.41) is 12.0. The summed E-state index contributed by atoms with van der Waals surface area (Å²) in [6.45, 7) is 3.26. The van der Waals surface area contributed by atoms with Gasteiger partial charge in [-0.05, 0) is 6.92 Å². The molecule has 2 aliphatic rings. The Morgan fingerprint density at radius 3 is 2.64 bits per heavy atom. The van der Waals surface area contributed by atoms with Crippen molar-refractivity contribution in [3.05, 3.63) is 10.6 Å². The zero-order chi connectivity index (χ0) is 18.9.